The van der Waals surface area contributed by atoms with E-state index >= 15 is 0 Å². The first kappa shape index (κ1) is 45.5. The Morgan fingerprint density at radius 1 is 0.542 bits per heavy atom. The minimum atomic E-state index is -4.77. The molecule has 0 fully saturated rings. The summed E-state index contributed by atoms with van der Waals surface area (Å²) in [4.78, 5) is 42.6. The molecule has 48 heavy (non-hydrogen) atoms. The molecule has 0 saturated carbocycles. The maximum atomic E-state index is 12.3. The van der Waals surface area contributed by atoms with E-state index < -0.39 is 32.5 Å². The van der Waals surface area contributed by atoms with Crippen LogP contribution in [0.3, 0.4) is 0 Å². The van der Waals surface area contributed by atoms with E-state index in [1.807, 2.05) is 0 Å². The smallest absolute Gasteiger partial charge is 0.462 e. The third-order valence-corrected chi connectivity index (χ3v) is 7.68. The van der Waals surface area contributed by atoms with Gasteiger partial charge in [-0.2, -0.15) is 0 Å². The van der Waals surface area contributed by atoms with Gasteiger partial charge in [0.2, 0.25) is 0 Å². The number of unbranched alkanes of at least 4 members (excludes halogenated alkanes) is 10. The highest BCUT2D eigenvalue weighted by Gasteiger charge is 2.22. The van der Waals surface area contributed by atoms with Crippen LogP contribution in [0.25, 0.3) is 0 Å². The molecule has 0 rings (SSSR count). The molecule has 0 amide bonds. The van der Waals surface area contributed by atoms with Crippen LogP contribution in [0.2, 0.25) is 0 Å². The number of carbonyl (C=O) groups excluding carboxylic acids is 2. The number of hydrogen-bond donors (Lipinski definition) is 2. The van der Waals surface area contributed by atoms with Crippen LogP contribution in [0, 0.1) is 0 Å². The van der Waals surface area contributed by atoms with Gasteiger partial charge in [-0.15, -0.1) is 0 Å². The van der Waals surface area contributed by atoms with Crippen molar-refractivity contribution >= 4 is 19.8 Å². The lowest BCUT2D eigenvalue weighted by Crippen LogP contribution is -2.29. The molecule has 8 nitrogen and oxygen atoms in total. The number of allylic oxidation sites excluding steroid dienone is 12. The summed E-state index contributed by atoms with van der Waals surface area (Å²) in [6.45, 7) is 3.53. The van der Waals surface area contributed by atoms with Crippen LogP contribution in [0.4, 0.5) is 0 Å². The summed E-state index contributed by atoms with van der Waals surface area (Å²) >= 11 is 0. The van der Waals surface area contributed by atoms with Crippen LogP contribution in [0.1, 0.15) is 142 Å². The average molecular weight is 693 g/mol. The quantitative estimate of drug-likeness (QED) is 0.0309. The molecule has 0 aliphatic heterocycles. The lowest BCUT2D eigenvalue weighted by atomic mass is 10.1. The van der Waals surface area contributed by atoms with Crippen LogP contribution >= 0.6 is 7.82 Å². The maximum Gasteiger partial charge on any atom is 0.469 e. The number of carbonyl (C=O) groups is 2. The van der Waals surface area contributed by atoms with Crippen LogP contribution in [-0.2, 0) is 28.2 Å². The maximum absolute atomic E-state index is 12.3. The van der Waals surface area contributed by atoms with Crippen molar-refractivity contribution in [3.63, 3.8) is 0 Å². The van der Waals surface area contributed by atoms with Crippen molar-refractivity contribution in [1.29, 1.82) is 0 Å². The Labute approximate surface area is 291 Å². The molecule has 2 N–H and O–H groups in total. The molecule has 0 saturated heterocycles. The molecule has 0 aromatic heterocycles. The zero-order valence-electron chi connectivity index (χ0n) is 29.9. The lowest BCUT2D eigenvalue weighted by molar-refractivity contribution is -0.161. The van der Waals surface area contributed by atoms with Crippen LogP contribution < -0.4 is 0 Å². The third-order valence-electron chi connectivity index (χ3n) is 7.20. The van der Waals surface area contributed by atoms with E-state index in [9.17, 15) is 14.2 Å². The van der Waals surface area contributed by atoms with Crippen molar-refractivity contribution in [1.82, 2.24) is 0 Å². The molecule has 9 heteroatoms. The van der Waals surface area contributed by atoms with Gasteiger partial charge in [-0.3, -0.25) is 14.1 Å². The second-order valence-electron chi connectivity index (χ2n) is 11.8. The van der Waals surface area contributed by atoms with Gasteiger partial charge in [0.25, 0.3) is 0 Å². The van der Waals surface area contributed by atoms with E-state index in [4.69, 9.17) is 19.3 Å². The highest BCUT2D eigenvalue weighted by atomic mass is 31.2. The Morgan fingerprint density at radius 3 is 1.31 bits per heavy atom. The van der Waals surface area contributed by atoms with Gasteiger partial charge >= 0.3 is 19.8 Å². The number of phosphoric acid groups is 1. The van der Waals surface area contributed by atoms with Gasteiger partial charge < -0.3 is 19.3 Å². The molecule has 1 atom stereocenters. The summed E-state index contributed by atoms with van der Waals surface area (Å²) in [6.07, 6.45) is 43.4. The van der Waals surface area contributed by atoms with Gasteiger partial charge in [-0.05, 0) is 89.9 Å². The van der Waals surface area contributed by atoms with Crippen molar-refractivity contribution in [2.24, 2.45) is 0 Å². The Bertz CT molecular complexity index is 1010. The minimum Gasteiger partial charge on any atom is -0.462 e. The topological polar surface area (TPSA) is 119 Å². The Morgan fingerprint density at radius 2 is 0.917 bits per heavy atom. The summed E-state index contributed by atoms with van der Waals surface area (Å²) in [5.74, 6) is -0.983. The second kappa shape index (κ2) is 34.4. The molecule has 0 bridgehead atoms. The zero-order valence-corrected chi connectivity index (χ0v) is 30.7. The van der Waals surface area contributed by atoms with E-state index in [1.165, 1.54) is 38.5 Å². The fourth-order valence-electron chi connectivity index (χ4n) is 4.44. The van der Waals surface area contributed by atoms with Gasteiger partial charge in [0.15, 0.2) is 6.10 Å². The van der Waals surface area contributed by atoms with Crippen molar-refractivity contribution in [3.8, 4) is 0 Å². The highest BCUT2D eigenvalue weighted by Crippen LogP contribution is 2.35. The Kier molecular flexibility index (Phi) is 32.6. The summed E-state index contributed by atoms with van der Waals surface area (Å²) in [5, 5.41) is 0. The van der Waals surface area contributed by atoms with Crippen molar-refractivity contribution in [2.45, 2.75) is 148 Å². The fourth-order valence-corrected chi connectivity index (χ4v) is 4.80. The highest BCUT2D eigenvalue weighted by molar-refractivity contribution is 7.46. The molecule has 0 aliphatic rings. The minimum absolute atomic E-state index is 0.151. The van der Waals surface area contributed by atoms with E-state index in [0.29, 0.717) is 12.8 Å². The summed E-state index contributed by atoms with van der Waals surface area (Å²) in [7, 11) is -4.77. The van der Waals surface area contributed by atoms with Crippen molar-refractivity contribution in [2.75, 3.05) is 13.2 Å². The van der Waals surface area contributed by atoms with Gasteiger partial charge in [0, 0.05) is 12.8 Å². The first-order chi connectivity index (χ1) is 23.3. The van der Waals surface area contributed by atoms with E-state index in [0.717, 1.165) is 64.2 Å². The summed E-state index contributed by atoms with van der Waals surface area (Å²) in [5.41, 5.74) is 0. The van der Waals surface area contributed by atoms with Crippen LogP contribution in [0.15, 0.2) is 72.9 Å². The average Bonchev–Trinajstić information content (AvgIpc) is 3.05. The van der Waals surface area contributed by atoms with Crippen molar-refractivity contribution in [3.05, 3.63) is 72.9 Å². The Hall–Kier alpha value is -2.51. The van der Waals surface area contributed by atoms with E-state index in [2.05, 4.69) is 91.3 Å². The lowest BCUT2D eigenvalue weighted by Gasteiger charge is -2.18. The van der Waals surface area contributed by atoms with Gasteiger partial charge in [-0.25, -0.2) is 4.57 Å². The summed E-state index contributed by atoms with van der Waals surface area (Å²) in [6, 6.07) is 0. The number of esters is 2. The molecule has 0 heterocycles. The standard InChI is InChI=1S/C39H65O8P/c1-3-5-7-9-11-13-15-17-19-21-23-25-27-29-31-33-38(40)45-35-37(36-46-48(42,43)44)47-39(41)34-32-30-28-26-24-22-20-18-16-14-12-10-8-6-4-2/h11-14,17-20,23-26,37H,3-10,15-16,21-22,27-36H2,1-2H3,(H2,42,43,44)/b13-11-,14-12-,19-17-,20-18-,25-23-,26-24-/t37-/m1/s1. The first-order valence-electron chi connectivity index (χ1n) is 18.2. The second-order valence-corrected chi connectivity index (χ2v) is 13.1. The number of rotatable bonds is 32. The summed E-state index contributed by atoms with van der Waals surface area (Å²) < 4.78 is 26.2. The van der Waals surface area contributed by atoms with Gasteiger partial charge in [0.05, 0.1) is 6.61 Å². The molecule has 274 valence electrons. The van der Waals surface area contributed by atoms with Gasteiger partial charge in [-0.1, -0.05) is 112 Å². The molecular weight excluding hydrogens is 627 g/mol. The molecule has 0 spiro atoms. The fraction of sp³-hybridized carbons (Fsp3) is 0.641. The number of hydrogen-bond acceptors (Lipinski definition) is 6. The first-order valence-corrected chi connectivity index (χ1v) is 19.8. The number of phosphoric ester groups is 1. The molecule has 0 radical (unpaired) electrons. The SMILES string of the molecule is CCCCC/C=C\C/C=C\C/C=C\CCCCC(=O)OC[C@H](COP(=O)(O)O)OC(=O)CCCC/C=C\C/C=C\C/C=C\CCCCC. The van der Waals surface area contributed by atoms with Crippen LogP contribution in [0.5, 0.6) is 0 Å². The number of ether oxygens (including phenoxy) is 2. The van der Waals surface area contributed by atoms with Crippen LogP contribution in [-0.4, -0.2) is 41.0 Å². The third kappa shape index (κ3) is 36.3. The molecule has 0 aliphatic carbocycles. The zero-order chi connectivity index (χ0) is 35.4. The monoisotopic (exact) mass is 692 g/mol. The molecule has 0 aromatic carbocycles. The van der Waals surface area contributed by atoms with E-state index in [1.54, 1.807) is 0 Å². The normalized spacial score (nSPS) is 13.3. The van der Waals surface area contributed by atoms with Gasteiger partial charge in [0.1, 0.15) is 6.61 Å². The largest absolute Gasteiger partial charge is 0.469 e. The predicted octanol–water partition coefficient (Wildman–Crippen LogP) is 10.7. The van der Waals surface area contributed by atoms with E-state index in [-0.39, 0.29) is 19.4 Å². The molecular formula is C39H65O8P. The molecule has 0 aromatic rings. The molecule has 0 unspecified atom stereocenters. The Balaban J connectivity index is 4.15. The predicted molar refractivity (Wildman–Crippen MR) is 197 cm³/mol. The van der Waals surface area contributed by atoms with Crippen molar-refractivity contribution < 1.29 is 37.9 Å².